The molecule has 0 aromatic heterocycles. The Labute approximate surface area is 61.6 Å². The lowest BCUT2D eigenvalue weighted by Gasteiger charge is -2.24. The van der Waals surface area contributed by atoms with Crippen LogP contribution in [0.25, 0.3) is 0 Å². The lowest BCUT2D eigenvalue weighted by molar-refractivity contribution is -0.125. The zero-order valence-electron chi connectivity index (χ0n) is 6.59. The largest absolute Gasteiger partial charge is 0.378 e. The van der Waals surface area contributed by atoms with E-state index in [2.05, 4.69) is 0 Å². The van der Waals surface area contributed by atoms with Crippen LogP contribution in [0.3, 0.4) is 0 Å². The predicted octanol–water partition coefficient (Wildman–Crippen LogP) is 1.39. The number of hydrogen-bond acceptors (Lipinski definition) is 2. The Balaban J connectivity index is 2.39. The Kier molecular flexibility index (Phi) is 2.44. The van der Waals surface area contributed by atoms with Gasteiger partial charge in [0.1, 0.15) is 5.78 Å². The van der Waals surface area contributed by atoms with E-state index in [4.69, 9.17) is 4.74 Å². The van der Waals surface area contributed by atoms with Crippen LogP contribution in [0.15, 0.2) is 0 Å². The highest BCUT2D eigenvalue weighted by atomic mass is 16.5. The van der Waals surface area contributed by atoms with Gasteiger partial charge in [0.15, 0.2) is 0 Å². The van der Waals surface area contributed by atoms with Gasteiger partial charge in [0.05, 0.1) is 6.10 Å². The molecule has 0 bridgehead atoms. The lowest BCUT2D eigenvalue weighted by Crippen LogP contribution is -2.27. The molecule has 0 N–H and O–H groups in total. The molecule has 0 saturated carbocycles. The maximum Gasteiger partial charge on any atom is 0.133 e. The number of rotatable bonds is 1. The first kappa shape index (κ1) is 7.73. The average molecular weight is 142 g/mol. The van der Waals surface area contributed by atoms with Gasteiger partial charge in [-0.25, -0.2) is 0 Å². The van der Waals surface area contributed by atoms with E-state index in [1.807, 2.05) is 6.92 Å². The van der Waals surface area contributed by atoms with Gasteiger partial charge in [0.25, 0.3) is 0 Å². The van der Waals surface area contributed by atoms with Crippen molar-refractivity contribution in [2.75, 3.05) is 6.61 Å². The van der Waals surface area contributed by atoms with Crippen LogP contribution in [0.4, 0.5) is 0 Å². The van der Waals surface area contributed by atoms with Crippen molar-refractivity contribution < 1.29 is 9.53 Å². The van der Waals surface area contributed by atoms with E-state index in [9.17, 15) is 4.79 Å². The van der Waals surface area contributed by atoms with Crippen LogP contribution in [0.1, 0.15) is 26.7 Å². The maximum absolute atomic E-state index is 10.9. The molecule has 1 fully saturated rings. The summed E-state index contributed by atoms with van der Waals surface area (Å²) < 4.78 is 5.31. The Morgan fingerprint density at radius 3 is 2.70 bits per heavy atom. The van der Waals surface area contributed by atoms with E-state index < -0.39 is 0 Å². The normalized spacial score (nSPS) is 33.8. The standard InChI is InChI=1S/C8H14O2/c1-6-5-8(7(2)9)3-4-10-6/h6,8H,3-5H2,1-2H3. The summed E-state index contributed by atoms with van der Waals surface area (Å²) in [7, 11) is 0. The molecule has 0 spiro atoms. The number of ether oxygens (including phenoxy) is 1. The van der Waals surface area contributed by atoms with Crippen LogP contribution in [0, 0.1) is 5.92 Å². The van der Waals surface area contributed by atoms with Gasteiger partial charge < -0.3 is 4.74 Å². The second kappa shape index (κ2) is 3.15. The molecular formula is C8H14O2. The fourth-order valence-electron chi connectivity index (χ4n) is 1.37. The van der Waals surface area contributed by atoms with E-state index >= 15 is 0 Å². The molecule has 0 aliphatic carbocycles. The first-order valence-electron chi connectivity index (χ1n) is 3.82. The van der Waals surface area contributed by atoms with Crippen LogP contribution in [-0.2, 0) is 9.53 Å². The van der Waals surface area contributed by atoms with E-state index in [0.717, 1.165) is 19.4 Å². The van der Waals surface area contributed by atoms with Crippen molar-refractivity contribution in [3.63, 3.8) is 0 Å². The van der Waals surface area contributed by atoms with Gasteiger partial charge in [-0.05, 0) is 26.7 Å². The summed E-state index contributed by atoms with van der Waals surface area (Å²) in [4.78, 5) is 10.9. The Morgan fingerprint density at radius 2 is 2.30 bits per heavy atom. The molecule has 0 radical (unpaired) electrons. The number of ketones is 1. The molecule has 1 aliphatic heterocycles. The van der Waals surface area contributed by atoms with Crippen LogP contribution < -0.4 is 0 Å². The molecule has 1 aliphatic rings. The molecule has 10 heavy (non-hydrogen) atoms. The van der Waals surface area contributed by atoms with Crippen molar-refractivity contribution in [3.05, 3.63) is 0 Å². The van der Waals surface area contributed by atoms with Crippen molar-refractivity contribution >= 4 is 5.78 Å². The molecule has 2 nitrogen and oxygen atoms in total. The molecule has 2 unspecified atom stereocenters. The minimum Gasteiger partial charge on any atom is -0.378 e. The summed E-state index contributed by atoms with van der Waals surface area (Å²) >= 11 is 0. The lowest BCUT2D eigenvalue weighted by atomic mass is 9.93. The summed E-state index contributed by atoms with van der Waals surface area (Å²) in [5, 5.41) is 0. The summed E-state index contributed by atoms with van der Waals surface area (Å²) in [5.74, 6) is 0.582. The average Bonchev–Trinajstić information content (AvgIpc) is 1.88. The zero-order chi connectivity index (χ0) is 7.56. The Hall–Kier alpha value is -0.370. The van der Waals surface area contributed by atoms with Crippen LogP contribution >= 0.6 is 0 Å². The van der Waals surface area contributed by atoms with Crippen molar-refractivity contribution in [2.24, 2.45) is 5.92 Å². The van der Waals surface area contributed by atoms with Gasteiger partial charge in [0.2, 0.25) is 0 Å². The van der Waals surface area contributed by atoms with Gasteiger partial charge in [0, 0.05) is 12.5 Å². The second-order valence-corrected chi connectivity index (χ2v) is 3.01. The minimum absolute atomic E-state index is 0.267. The second-order valence-electron chi connectivity index (χ2n) is 3.01. The molecule has 0 amide bonds. The van der Waals surface area contributed by atoms with Gasteiger partial charge in [-0.3, -0.25) is 4.79 Å². The molecule has 2 atom stereocenters. The first-order valence-corrected chi connectivity index (χ1v) is 3.82. The van der Waals surface area contributed by atoms with Gasteiger partial charge in [-0.2, -0.15) is 0 Å². The predicted molar refractivity (Wildman–Crippen MR) is 38.8 cm³/mol. The first-order chi connectivity index (χ1) is 4.70. The van der Waals surface area contributed by atoms with E-state index in [0.29, 0.717) is 5.78 Å². The maximum atomic E-state index is 10.9. The van der Waals surface area contributed by atoms with Crippen LogP contribution in [-0.4, -0.2) is 18.5 Å². The zero-order valence-corrected chi connectivity index (χ0v) is 6.59. The fourth-order valence-corrected chi connectivity index (χ4v) is 1.37. The van der Waals surface area contributed by atoms with E-state index in [1.165, 1.54) is 0 Å². The quantitative estimate of drug-likeness (QED) is 0.553. The van der Waals surface area contributed by atoms with Gasteiger partial charge in [-0.1, -0.05) is 0 Å². The molecule has 1 heterocycles. The van der Waals surface area contributed by atoms with Crippen molar-refractivity contribution in [1.82, 2.24) is 0 Å². The molecule has 2 heteroatoms. The third kappa shape index (κ3) is 1.81. The van der Waals surface area contributed by atoms with Crippen LogP contribution in [0.5, 0.6) is 0 Å². The number of carbonyl (C=O) groups is 1. The molecule has 0 aromatic carbocycles. The number of Topliss-reactive ketones (excluding diaryl/α,β-unsaturated/α-hetero) is 1. The van der Waals surface area contributed by atoms with E-state index in [1.54, 1.807) is 6.92 Å². The summed E-state index contributed by atoms with van der Waals surface area (Å²) in [5.41, 5.74) is 0. The molecule has 0 aromatic rings. The topological polar surface area (TPSA) is 26.3 Å². The molecule has 1 rings (SSSR count). The van der Waals surface area contributed by atoms with Crippen molar-refractivity contribution in [2.45, 2.75) is 32.8 Å². The highest BCUT2D eigenvalue weighted by Crippen LogP contribution is 2.20. The van der Waals surface area contributed by atoms with Gasteiger partial charge in [-0.15, -0.1) is 0 Å². The smallest absolute Gasteiger partial charge is 0.133 e. The van der Waals surface area contributed by atoms with Gasteiger partial charge >= 0.3 is 0 Å². The third-order valence-corrected chi connectivity index (χ3v) is 2.06. The summed E-state index contributed by atoms with van der Waals surface area (Å²) in [6.07, 6.45) is 2.11. The molecular weight excluding hydrogens is 128 g/mol. The Morgan fingerprint density at radius 1 is 1.60 bits per heavy atom. The Bertz CT molecular complexity index is 131. The highest BCUT2D eigenvalue weighted by molar-refractivity contribution is 5.78. The minimum atomic E-state index is 0.267. The number of hydrogen-bond donors (Lipinski definition) is 0. The van der Waals surface area contributed by atoms with Crippen molar-refractivity contribution in [1.29, 1.82) is 0 Å². The molecule has 1 saturated heterocycles. The summed E-state index contributed by atoms with van der Waals surface area (Å²) in [6.45, 7) is 4.45. The number of carbonyl (C=O) groups excluding carboxylic acids is 1. The van der Waals surface area contributed by atoms with E-state index in [-0.39, 0.29) is 12.0 Å². The molecule has 58 valence electrons. The highest BCUT2D eigenvalue weighted by Gasteiger charge is 2.22. The van der Waals surface area contributed by atoms with Crippen molar-refractivity contribution in [3.8, 4) is 0 Å². The SMILES string of the molecule is CC(=O)C1CCOC(C)C1. The summed E-state index contributed by atoms with van der Waals surface area (Å²) in [6, 6.07) is 0. The third-order valence-electron chi connectivity index (χ3n) is 2.06. The fraction of sp³-hybridized carbons (Fsp3) is 0.875. The monoisotopic (exact) mass is 142 g/mol. The van der Waals surface area contributed by atoms with Crippen LogP contribution in [0.2, 0.25) is 0 Å².